The number of urea groups is 1. The molecular weight excluding hydrogens is 486 g/mol. The number of carbonyl (C=O) groups is 2. The highest BCUT2D eigenvalue weighted by Gasteiger charge is 2.24. The zero-order chi connectivity index (χ0) is 27.9. The van der Waals surface area contributed by atoms with Gasteiger partial charge in [0.25, 0.3) is 0 Å². The van der Waals surface area contributed by atoms with Crippen molar-refractivity contribution in [2.45, 2.75) is 33.1 Å². The normalized spacial score (nSPS) is 11.1. The minimum Gasteiger partial charge on any atom is -0.497 e. The molecule has 3 aromatic rings. The van der Waals surface area contributed by atoms with Crippen molar-refractivity contribution < 1.29 is 23.8 Å². The van der Waals surface area contributed by atoms with Gasteiger partial charge < -0.3 is 29.7 Å². The van der Waals surface area contributed by atoms with Gasteiger partial charge in [0, 0.05) is 49.0 Å². The zero-order valence-electron chi connectivity index (χ0n) is 23.1. The number of nitrogens with zero attached hydrogens (tertiary/aromatic N) is 3. The van der Waals surface area contributed by atoms with E-state index >= 15 is 0 Å². The first-order valence-electron chi connectivity index (χ1n) is 12.3. The average Bonchev–Trinajstić information content (AvgIpc) is 3.30. The molecule has 0 unspecified atom stereocenters. The van der Waals surface area contributed by atoms with Crippen LogP contribution in [-0.2, 0) is 14.9 Å². The number of rotatable bonds is 10. The molecule has 0 aliphatic carbocycles. The molecular formula is C28H37N5O5. The molecule has 3 amide bonds. The van der Waals surface area contributed by atoms with E-state index in [-0.39, 0.29) is 31.0 Å². The van der Waals surface area contributed by atoms with Gasteiger partial charge in [0.15, 0.2) is 0 Å². The van der Waals surface area contributed by atoms with Crippen LogP contribution in [0.15, 0.2) is 48.5 Å². The van der Waals surface area contributed by atoms with Crippen molar-refractivity contribution in [1.29, 1.82) is 0 Å². The maximum atomic E-state index is 13.2. The predicted molar refractivity (Wildman–Crippen MR) is 148 cm³/mol. The summed E-state index contributed by atoms with van der Waals surface area (Å²) in [4.78, 5) is 27.7. The molecule has 10 nitrogen and oxygen atoms in total. The lowest BCUT2D eigenvalue weighted by Crippen LogP contribution is -2.42. The fourth-order valence-electron chi connectivity index (χ4n) is 3.71. The Morgan fingerprint density at radius 2 is 1.63 bits per heavy atom. The molecule has 0 atom stereocenters. The van der Waals surface area contributed by atoms with Crippen LogP contribution in [0, 0.1) is 6.92 Å². The highest BCUT2D eigenvalue weighted by molar-refractivity contribution is 5.97. The maximum Gasteiger partial charge on any atom is 0.322 e. The molecule has 0 saturated heterocycles. The van der Waals surface area contributed by atoms with Crippen molar-refractivity contribution in [2.24, 2.45) is 0 Å². The van der Waals surface area contributed by atoms with Crippen molar-refractivity contribution in [3.8, 4) is 17.2 Å². The Hall–Kier alpha value is -4.05. The van der Waals surface area contributed by atoms with E-state index in [1.165, 1.54) is 26.2 Å². The van der Waals surface area contributed by atoms with Gasteiger partial charge in [-0.3, -0.25) is 4.79 Å². The molecule has 2 N–H and O–H groups in total. The first-order chi connectivity index (χ1) is 18.0. The summed E-state index contributed by atoms with van der Waals surface area (Å²) < 4.78 is 17.5. The van der Waals surface area contributed by atoms with E-state index in [9.17, 15) is 9.59 Å². The summed E-state index contributed by atoms with van der Waals surface area (Å²) in [5.41, 5.74) is 2.95. The number of para-hydroxylation sites is 1. The van der Waals surface area contributed by atoms with Gasteiger partial charge in [-0.15, -0.1) is 0 Å². The highest BCUT2D eigenvalue weighted by atomic mass is 16.5. The largest absolute Gasteiger partial charge is 0.497 e. The van der Waals surface area contributed by atoms with Gasteiger partial charge in [0.2, 0.25) is 5.91 Å². The van der Waals surface area contributed by atoms with Crippen molar-refractivity contribution in [3.63, 3.8) is 0 Å². The molecule has 0 bridgehead atoms. The van der Waals surface area contributed by atoms with Crippen LogP contribution in [0.1, 0.15) is 32.0 Å². The SMILES string of the molecule is COCCN(CC(=O)Nc1cc(C(C)(C)C)nn1-c1ccccc1C)C(=O)Nc1cc(OC)cc(OC)c1. The average molecular weight is 524 g/mol. The molecule has 0 radical (unpaired) electrons. The summed E-state index contributed by atoms with van der Waals surface area (Å²) in [6.07, 6.45) is 0. The quantitative estimate of drug-likeness (QED) is 0.402. The molecule has 38 heavy (non-hydrogen) atoms. The van der Waals surface area contributed by atoms with Crippen LogP contribution >= 0.6 is 0 Å². The zero-order valence-corrected chi connectivity index (χ0v) is 23.1. The smallest absolute Gasteiger partial charge is 0.322 e. The van der Waals surface area contributed by atoms with Gasteiger partial charge in [0.05, 0.1) is 32.2 Å². The Morgan fingerprint density at radius 3 is 2.21 bits per heavy atom. The van der Waals surface area contributed by atoms with Crippen LogP contribution in [0.25, 0.3) is 5.69 Å². The molecule has 3 rings (SSSR count). The number of aromatic nitrogens is 2. The second-order valence-corrected chi connectivity index (χ2v) is 9.86. The monoisotopic (exact) mass is 523 g/mol. The maximum absolute atomic E-state index is 13.2. The van der Waals surface area contributed by atoms with Crippen LogP contribution in [0.5, 0.6) is 11.5 Å². The summed E-state index contributed by atoms with van der Waals surface area (Å²) in [6.45, 7) is 8.46. The Kier molecular flexibility index (Phi) is 9.35. The van der Waals surface area contributed by atoms with Crippen LogP contribution in [0.3, 0.4) is 0 Å². The number of hydrogen-bond acceptors (Lipinski definition) is 6. The lowest BCUT2D eigenvalue weighted by molar-refractivity contribution is -0.116. The van der Waals surface area contributed by atoms with Crippen LogP contribution in [0.2, 0.25) is 0 Å². The first-order valence-corrected chi connectivity index (χ1v) is 12.3. The molecule has 0 saturated carbocycles. The number of hydrogen-bond donors (Lipinski definition) is 2. The van der Waals surface area contributed by atoms with E-state index in [0.717, 1.165) is 16.9 Å². The third kappa shape index (κ3) is 7.25. The number of ether oxygens (including phenoxy) is 3. The minimum atomic E-state index is -0.463. The summed E-state index contributed by atoms with van der Waals surface area (Å²) in [5.74, 6) is 1.22. The fraction of sp³-hybridized carbons (Fsp3) is 0.393. The van der Waals surface area contributed by atoms with Gasteiger partial charge in [-0.1, -0.05) is 39.0 Å². The predicted octanol–water partition coefficient (Wildman–Crippen LogP) is 4.61. The number of nitrogens with one attached hydrogen (secondary N) is 2. The molecule has 1 heterocycles. The van der Waals surface area contributed by atoms with E-state index < -0.39 is 6.03 Å². The van der Waals surface area contributed by atoms with Crippen LogP contribution in [-0.4, -0.2) is 67.6 Å². The molecule has 0 fully saturated rings. The van der Waals surface area contributed by atoms with E-state index in [4.69, 9.17) is 19.3 Å². The second-order valence-electron chi connectivity index (χ2n) is 9.86. The van der Waals surface area contributed by atoms with E-state index in [0.29, 0.717) is 23.0 Å². The summed E-state index contributed by atoms with van der Waals surface area (Å²) >= 11 is 0. The van der Waals surface area contributed by atoms with Gasteiger partial charge in [-0.25, -0.2) is 9.48 Å². The van der Waals surface area contributed by atoms with E-state index in [1.807, 2.05) is 37.3 Å². The minimum absolute atomic E-state index is 0.194. The number of anilines is 2. The molecule has 10 heteroatoms. The summed E-state index contributed by atoms with van der Waals surface area (Å²) in [5, 5.41) is 10.5. The lowest BCUT2D eigenvalue weighted by Gasteiger charge is -2.23. The van der Waals surface area contributed by atoms with Crippen molar-refractivity contribution in [3.05, 3.63) is 59.8 Å². The van der Waals surface area contributed by atoms with Gasteiger partial charge in [-0.2, -0.15) is 5.10 Å². The number of amides is 3. The van der Waals surface area contributed by atoms with Crippen molar-refractivity contribution >= 4 is 23.4 Å². The van der Waals surface area contributed by atoms with Crippen molar-refractivity contribution in [2.75, 3.05) is 51.7 Å². The molecule has 2 aromatic carbocycles. The highest BCUT2D eigenvalue weighted by Crippen LogP contribution is 2.28. The van der Waals surface area contributed by atoms with Crippen LogP contribution < -0.4 is 20.1 Å². The van der Waals surface area contributed by atoms with E-state index in [1.54, 1.807) is 22.9 Å². The second kappa shape index (κ2) is 12.5. The fourth-order valence-corrected chi connectivity index (χ4v) is 3.71. The number of carbonyl (C=O) groups excluding carboxylic acids is 2. The number of aryl methyl sites for hydroxylation is 1. The Bertz CT molecular complexity index is 1240. The van der Waals surface area contributed by atoms with Crippen LogP contribution in [0.4, 0.5) is 16.3 Å². The van der Waals surface area contributed by atoms with Gasteiger partial charge in [0.1, 0.15) is 23.9 Å². The standard InChI is InChI=1S/C28H37N5O5/c1-19-10-8-9-11-23(19)33-25(17-24(31-33)28(2,3)4)30-26(34)18-32(12-13-36-5)27(35)29-20-14-21(37-6)16-22(15-20)38-7/h8-11,14-17H,12-13,18H2,1-7H3,(H,29,35)(H,30,34). The summed E-state index contributed by atoms with van der Waals surface area (Å²) in [6, 6.07) is 14.3. The molecule has 204 valence electrons. The molecule has 0 aliphatic heterocycles. The Morgan fingerprint density at radius 1 is 0.974 bits per heavy atom. The van der Waals surface area contributed by atoms with Gasteiger partial charge in [-0.05, 0) is 18.6 Å². The van der Waals surface area contributed by atoms with Crippen molar-refractivity contribution in [1.82, 2.24) is 14.7 Å². The number of methoxy groups -OCH3 is 3. The molecule has 0 spiro atoms. The Labute approximate surface area is 223 Å². The summed E-state index contributed by atoms with van der Waals surface area (Å²) in [7, 11) is 4.60. The number of benzene rings is 2. The van der Waals surface area contributed by atoms with Gasteiger partial charge >= 0.3 is 6.03 Å². The third-order valence-electron chi connectivity index (χ3n) is 5.88. The lowest BCUT2D eigenvalue weighted by atomic mass is 9.92. The Balaban J connectivity index is 1.83. The first kappa shape index (κ1) is 28.5. The topological polar surface area (TPSA) is 107 Å². The molecule has 1 aromatic heterocycles. The third-order valence-corrected chi connectivity index (χ3v) is 5.88. The molecule has 0 aliphatic rings. The van der Waals surface area contributed by atoms with E-state index in [2.05, 4.69) is 31.4 Å².